The molecule has 0 atom stereocenters. The standard InChI is InChI=1S/C20H22N2O6/c1-3-15-13(20(25)26)11-17(28-15)19(24)21-12-7-8-16(27-2)14(10-12)22-9-5-4-6-18(22)23/h7-8,10-11H,3-6,9H2,1-2H3,(H,21,24)(H,25,26). The summed E-state index contributed by atoms with van der Waals surface area (Å²) in [6.07, 6.45) is 2.59. The SMILES string of the molecule is CCc1oc(C(=O)Nc2ccc(OC)c(N3CCCCC3=O)c2)cc1C(=O)O. The second-order valence-corrected chi connectivity index (χ2v) is 6.45. The van der Waals surface area contributed by atoms with Crippen LogP contribution in [0.15, 0.2) is 28.7 Å². The summed E-state index contributed by atoms with van der Waals surface area (Å²) in [7, 11) is 1.52. The molecule has 0 unspecified atom stereocenters. The number of aryl methyl sites for hydroxylation is 1. The highest BCUT2D eigenvalue weighted by Gasteiger charge is 2.24. The number of anilines is 2. The number of rotatable bonds is 6. The van der Waals surface area contributed by atoms with Crippen molar-refractivity contribution < 1.29 is 28.6 Å². The average molecular weight is 386 g/mol. The lowest BCUT2D eigenvalue weighted by atomic mass is 10.1. The van der Waals surface area contributed by atoms with Gasteiger partial charge in [0.05, 0.1) is 12.8 Å². The van der Waals surface area contributed by atoms with E-state index in [9.17, 15) is 19.5 Å². The maximum Gasteiger partial charge on any atom is 0.339 e. The highest BCUT2D eigenvalue weighted by atomic mass is 16.5. The Morgan fingerprint density at radius 3 is 2.68 bits per heavy atom. The molecule has 2 aromatic rings. The molecule has 0 bridgehead atoms. The molecule has 3 rings (SSSR count). The Kier molecular flexibility index (Phi) is 5.67. The van der Waals surface area contributed by atoms with Crippen molar-refractivity contribution in [2.75, 3.05) is 23.9 Å². The van der Waals surface area contributed by atoms with Crippen molar-refractivity contribution in [3.8, 4) is 5.75 Å². The monoisotopic (exact) mass is 386 g/mol. The molecule has 1 aromatic heterocycles. The maximum absolute atomic E-state index is 12.5. The molecule has 1 aromatic carbocycles. The number of benzene rings is 1. The van der Waals surface area contributed by atoms with E-state index in [0.29, 0.717) is 36.5 Å². The van der Waals surface area contributed by atoms with Crippen molar-refractivity contribution >= 4 is 29.2 Å². The molecule has 8 nitrogen and oxygen atoms in total. The molecule has 2 amide bonds. The molecular formula is C20H22N2O6. The van der Waals surface area contributed by atoms with Gasteiger partial charge in [-0.25, -0.2) is 4.79 Å². The van der Waals surface area contributed by atoms with E-state index in [-0.39, 0.29) is 23.0 Å². The minimum absolute atomic E-state index is 0.0118. The number of nitrogens with zero attached hydrogens (tertiary/aromatic N) is 1. The van der Waals surface area contributed by atoms with Crippen LogP contribution in [0, 0.1) is 0 Å². The summed E-state index contributed by atoms with van der Waals surface area (Å²) in [4.78, 5) is 37.7. The maximum atomic E-state index is 12.5. The zero-order valence-electron chi connectivity index (χ0n) is 15.8. The number of nitrogens with one attached hydrogen (secondary N) is 1. The first-order valence-electron chi connectivity index (χ1n) is 9.10. The molecule has 2 N–H and O–H groups in total. The fourth-order valence-corrected chi connectivity index (χ4v) is 3.22. The third-order valence-corrected chi connectivity index (χ3v) is 4.64. The number of carbonyl (C=O) groups is 3. The number of carboxylic acid groups (broad SMARTS) is 1. The highest BCUT2D eigenvalue weighted by molar-refractivity contribution is 6.05. The Hall–Kier alpha value is -3.29. The van der Waals surface area contributed by atoms with Gasteiger partial charge in [0, 0.05) is 31.1 Å². The molecule has 148 valence electrons. The quantitative estimate of drug-likeness (QED) is 0.788. The van der Waals surface area contributed by atoms with Gasteiger partial charge in [-0.3, -0.25) is 9.59 Å². The van der Waals surface area contributed by atoms with Crippen LogP contribution in [0.1, 0.15) is 52.9 Å². The van der Waals surface area contributed by atoms with Crippen molar-refractivity contribution in [2.45, 2.75) is 32.6 Å². The number of hydrogen-bond acceptors (Lipinski definition) is 5. The molecule has 0 spiro atoms. The molecule has 1 fully saturated rings. The summed E-state index contributed by atoms with van der Waals surface area (Å²) < 4.78 is 10.7. The summed E-state index contributed by atoms with van der Waals surface area (Å²) in [5, 5.41) is 11.9. The smallest absolute Gasteiger partial charge is 0.339 e. The van der Waals surface area contributed by atoms with Crippen LogP contribution in [-0.2, 0) is 11.2 Å². The van der Waals surface area contributed by atoms with Gasteiger partial charge in [0.2, 0.25) is 5.91 Å². The Labute approximate surface area is 162 Å². The third-order valence-electron chi connectivity index (χ3n) is 4.64. The van der Waals surface area contributed by atoms with Crippen LogP contribution >= 0.6 is 0 Å². The minimum atomic E-state index is -1.14. The van der Waals surface area contributed by atoms with E-state index in [4.69, 9.17) is 9.15 Å². The van der Waals surface area contributed by atoms with E-state index in [0.717, 1.165) is 12.8 Å². The van der Waals surface area contributed by atoms with Gasteiger partial charge in [-0.1, -0.05) is 6.92 Å². The van der Waals surface area contributed by atoms with Gasteiger partial charge in [0.1, 0.15) is 17.1 Å². The molecule has 0 radical (unpaired) electrons. The van der Waals surface area contributed by atoms with Gasteiger partial charge in [-0.15, -0.1) is 0 Å². The topological polar surface area (TPSA) is 109 Å². The van der Waals surface area contributed by atoms with Crippen LogP contribution in [0.3, 0.4) is 0 Å². The van der Waals surface area contributed by atoms with Crippen LogP contribution in [0.4, 0.5) is 11.4 Å². The Balaban J connectivity index is 1.86. The van der Waals surface area contributed by atoms with E-state index in [1.54, 1.807) is 30.0 Å². The third kappa shape index (κ3) is 3.85. The van der Waals surface area contributed by atoms with Crippen LogP contribution in [0.5, 0.6) is 5.75 Å². The van der Waals surface area contributed by atoms with Crippen molar-refractivity contribution in [1.29, 1.82) is 0 Å². The van der Waals surface area contributed by atoms with E-state index in [1.807, 2.05) is 0 Å². The molecule has 0 saturated carbocycles. The number of furan rings is 1. The molecule has 1 aliphatic heterocycles. The van der Waals surface area contributed by atoms with E-state index < -0.39 is 11.9 Å². The second kappa shape index (κ2) is 8.16. The predicted molar refractivity (Wildman–Crippen MR) is 102 cm³/mol. The Morgan fingerprint density at radius 2 is 2.07 bits per heavy atom. The molecule has 1 saturated heterocycles. The number of piperidine rings is 1. The minimum Gasteiger partial charge on any atom is -0.495 e. The molecular weight excluding hydrogens is 364 g/mol. The normalized spacial score (nSPS) is 14.1. The van der Waals surface area contributed by atoms with Crippen molar-refractivity contribution in [3.63, 3.8) is 0 Å². The molecule has 2 heterocycles. The molecule has 8 heteroatoms. The van der Waals surface area contributed by atoms with Crippen LogP contribution in [0.25, 0.3) is 0 Å². The second-order valence-electron chi connectivity index (χ2n) is 6.45. The van der Waals surface area contributed by atoms with Crippen LogP contribution in [0.2, 0.25) is 0 Å². The van der Waals surface area contributed by atoms with E-state index in [2.05, 4.69) is 5.32 Å². The lowest BCUT2D eigenvalue weighted by Crippen LogP contribution is -2.35. The van der Waals surface area contributed by atoms with Gasteiger partial charge < -0.3 is 24.5 Å². The lowest BCUT2D eigenvalue weighted by molar-refractivity contribution is -0.119. The summed E-state index contributed by atoms with van der Waals surface area (Å²) in [6, 6.07) is 6.21. The number of amides is 2. The van der Waals surface area contributed by atoms with E-state index in [1.165, 1.54) is 13.2 Å². The van der Waals surface area contributed by atoms with Crippen molar-refractivity contribution in [1.82, 2.24) is 0 Å². The molecule has 1 aliphatic rings. The fourth-order valence-electron chi connectivity index (χ4n) is 3.22. The Morgan fingerprint density at radius 1 is 1.29 bits per heavy atom. The summed E-state index contributed by atoms with van der Waals surface area (Å²) in [5.41, 5.74) is 1.01. The first-order valence-corrected chi connectivity index (χ1v) is 9.10. The number of ether oxygens (including phenoxy) is 1. The predicted octanol–water partition coefficient (Wildman–Crippen LogP) is 3.32. The Bertz CT molecular complexity index is 917. The zero-order valence-corrected chi connectivity index (χ0v) is 15.8. The number of aromatic carboxylic acids is 1. The van der Waals surface area contributed by atoms with Crippen LogP contribution < -0.4 is 15.0 Å². The van der Waals surface area contributed by atoms with Gasteiger partial charge in [-0.05, 0) is 31.0 Å². The number of carboxylic acids is 1. The van der Waals surface area contributed by atoms with Gasteiger partial charge in [0.15, 0.2) is 5.76 Å². The molecule has 0 aliphatic carbocycles. The summed E-state index contributed by atoms with van der Waals surface area (Å²) >= 11 is 0. The van der Waals surface area contributed by atoms with Crippen LogP contribution in [-0.4, -0.2) is 36.5 Å². The molecule has 28 heavy (non-hydrogen) atoms. The zero-order chi connectivity index (χ0) is 20.3. The number of hydrogen-bond donors (Lipinski definition) is 2. The number of methoxy groups -OCH3 is 1. The van der Waals surface area contributed by atoms with Crippen molar-refractivity contribution in [2.24, 2.45) is 0 Å². The van der Waals surface area contributed by atoms with Gasteiger partial charge >= 0.3 is 5.97 Å². The largest absolute Gasteiger partial charge is 0.495 e. The number of carbonyl (C=O) groups excluding carboxylic acids is 2. The summed E-state index contributed by atoms with van der Waals surface area (Å²) in [6.45, 7) is 2.34. The van der Waals surface area contributed by atoms with Gasteiger partial charge in [-0.2, -0.15) is 0 Å². The fraction of sp³-hybridized carbons (Fsp3) is 0.350. The van der Waals surface area contributed by atoms with E-state index >= 15 is 0 Å². The average Bonchev–Trinajstić information content (AvgIpc) is 3.13. The first kappa shape index (κ1) is 19.5. The summed E-state index contributed by atoms with van der Waals surface area (Å²) in [5.74, 6) is -1.00. The highest BCUT2D eigenvalue weighted by Crippen LogP contribution is 2.33. The van der Waals surface area contributed by atoms with Gasteiger partial charge in [0.25, 0.3) is 5.91 Å². The lowest BCUT2D eigenvalue weighted by Gasteiger charge is -2.28. The van der Waals surface area contributed by atoms with Crippen molar-refractivity contribution in [3.05, 3.63) is 41.3 Å². The first-order chi connectivity index (χ1) is 13.4.